The van der Waals surface area contributed by atoms with E-state index in [2.05, 4.69) is 20.0 Å². The zero-order valence-corrected chi connectivity index (χ0v) is 23.7. The third-order valence-electron chi connectivity index (χ3n) is 8.10. The summed E-state index contributed by atoms with van der Waals surface area (Å²) in [7, 11) is 1.24. The fourth-order valence-corrected chi connectivity index (χ4v) is 5.65. The Balaban J connectivity index is 1.35. The van der Waals surface area contributed by atoms with Crippen LogP contribution in [0.25, 0.3) is 16.9 Å². The number of nitrogens with one attached hydrogen (secondary N) is 1. The van der Waals surface area contributed by atoms with Crippen LogP contribution in [0.15, 0.2) is 59.5 Å². The molecular weight excluding hydrogens is 610 g/mol. The normalized spacial score (nSPS) is 18.2. The van der Waals surface area contributed by atoms with Gasteiger partial charge in [-0.25, -0.2) is 14.6 Å². The van der Waals surface area contributed by atoms with Crippen molar-refractivity contribution < 1.29 is 40.6 Å². The number of aromatic nitrogens is 4. The summed E-state index contributed by atoms with van der Waals surface area (Å²) in [6.45, 7) is 0.411. The Morgan fingerprint density at radius 3 is 2.33 bits per heavy atom. The first-order valence-electron chi connectivity index (χ1n) is 13.9. The lowest BCUT2D eigenvalue weighted by atomic mass is 10.1. The Bertz CT molecular complexity index is 1780. The first-order chi connectivity index (χ1) is 21.3. The fraction of sp³-hybridized carbons (Fsp3) is 0.379. The first kappa shape index (κ1) is 30.4. The summed E-state index contributed by atoms with van der Waals surface area (Å²) in [6, 6.07) is 10.5. The van der Waals surface area contributed by atoms with Crippen LogP contribution in [0.5, 0.6) is 5.75 Å². The Kier molecular flexibility index (Phi) is 7.49. The topological polar surface area (TPSA) is 104 Å². The molecule has 238 valence electrons. The number of alkyl halides is 6. The van der Waals surface area contributed by atoms with Gasteiger partial charge in [0.1, 0.15) is 11.3 Å². The third kappa shape index (κ3) is 6.06. The predicted octanol–water partition coefficient (Wildman–Crippen LogP) is 5.60. The zero-order valence-electron chi connectivity index (χ0n) is 23.7. The standard InChI is InChI=1S/C29H26F6N6O4/c1-44-24(42)17-2-6-19(7-3-17)40-22-14-36-25(37-18-4-8-21(9-5-18)45-29(33,34)35)38-23(22)41(26(40)43)20-10-13-39(15-20)16-27(11-12-27)28(30,31)32/h2-9,14,20H,10-13,15-16H2,1H3,(H,36,37,38)/t20-/m0/s1. The van der Waals surface area contributed by atoms with Gasteiger partial charge in [0.2, 0.25) is 5.95 Å². The highest BCUT2D eigenvalue weighted by molar-refractivity contribution is 5.89. The van der Waals surface area contributed by atoms with Gasteiger partial charge in [0.25, 0.3) is 0 Å². The predicted molar refractivity (Wildman–Crippen MR) is 149 cm³/mol. The number of methoxy groups -OCH3 is 1. The number of anilines is 2. The Morgan fingerprint density at radius 2 is 1.73 bits per heavy atom. The monoisotopic (exact) mass is 636 g/mol. The van der Waals surface area contributed by atoms with E-state index in [1.807, 2.05) is 0 Å². The summed E-state index contributed by atoms with van der Waals surface area (Å²) in [5, 5.41) is 2.89. The van der Waals surface area contributed by atoms with Crippen molar-refractivity contribution in [2.24, 2.45) is 5.41 Å². The van der Waals surface area contributed by atoms with E-state index in [4.69, 9.17) is 4.74 Å². The molecule has 4 aromatic rings. The van der Waals surface area contributed by atoms with Crippen LogP contribution < -0.4 is 15.7 Å². The molecule has 2 fully saturated rings. The maximum absolute atomic E-state index is 14.0. The number of halogens is 6. The number of fused-ring (bicyclic) bond motifs is 1. The van der Waals surface area contributed by atoms with Crippen molar-refractivity contribution in [3.05, 3.63) is 70.8 Å². The minimum absolute atomic E-state index is 0.0304. The van der Waals surface area contributed by atoms with E-state index in [0.717, 1.165) is 12.1 Å². The number of imidazole rings is 1. The molecule has 6 rings (SSSR count). The van der Waals surface area contributed by atoms with Crippen molar-refractivity contribution in [2.75, 3.05) is 32.1 Å². The average molecular weight is 637 g/mol. The molecule has 1 saturated carbocycles. The highest BCUT2D eigenvalue weighted by atomic mass is 19.4. The van der Waals surface area contributed by atoms with E-state index >= 15 is 0 Å². The van der Waals surface area contributed by atoms with Crippen molar-refractivity contribution in [1.29, 1.82) is 0 Å². The maximum atomic E-state index is 14.0. The fourth-order valence-electron chi connectivity index (χ4n) is 5.65. The molecule has 0 bridgehead atoms. The van der Waals surface area contributed by atoms with E-state index in [0.29, 0.717) is 29.9 Å². The number of ether oxygens (including phenoxy) is 2. The van der Waals surface area contributed by atoms with Gasteiger partial charge in [0.05, 0.1) is 36.0 Å². The molecule has 1 N–H and O–H groups in total. The molecule has 16 heteroatoms. The first-order valence-corrected chi connectivity index (χ1v) is 13.9. The molecule has 3 heterocycles. The molecule has 2 aromatic carbocycles. The molecule has 2 aromatic heterocycles. The average Bonchev–Trinajstić information content (AvgIpc) is 3.55. The number of hydrogen-bond donors (Lipinski definition) is 1. The minimum atomic E-state index is -4.85. The van der Waals surface area contributed by atoms with E-state index in [1.54, 1.807) is 17.0 Å². The molecular formula is C29H26F6N6O4. The van der Waals surface area contributed by atoms with Gasteiger partial charge in [-0.2, -0.15) is 18.2 Å². The van der Waals surface area contributed by atoms with E-state index in [1.165, 1.54) is 46.7 Å². The van der Waals surface area contributed by atoms with E-state index in [9.17, 15) is 35.9 Å². The Morgan fingerprint density at radius 1 is 1.04 bits per heavy atom. The summed E-state index contributed by atoms with van der Waals surface area (Å²) in [6.07, 6.45) is -7.20. The van der Waals surface area contributed by atoms with E-state index < -0.39 is 41.4 Å². The second-order valence-electron chi connectivity index (χ2n) is 11.1. The van der Waals surface area contributed by atoms with Crippen molar-refractivity contribution in [2.45, 2.75) is 37.8 Å². The smallest absolute Gasteiger partial charge is 0.465 e. The van der Waals surface area contributed by atoms with Gasteiger partial charge in [0.15, 0.2) is 5.65 Å². The summed E-state index contributed by atoms with van der Waals surface area (Å²) < 4.78 is 90.0. The summed E-state index contributed by atoms with van der Waals surface area (Å²) >= 11 is 0. The number of carbonyl (C=O) groups excluding carboxylic acids is 1. The SMILES string of the molecule is COC(=O)c1ccc(-n2c(=O)n([C@H]3CCN(CC4(C(F)(F)F)CC4)C3)c3nc(Nc4ccc(OC(F)(F)F)cc4)ncc32)cc1. The van der Waals surface area contributed by atoms with Crippen LogP contribution in [-0.4, -0.2) is 69.3 Å². The number of rotatable bonds is 8. The summed E-state index contributed by atoms with van der Waals surface area (Å²) in [5.74, 6) is -0.952. The third-order valence-corrected chi connectivity index (χ3v) is 8.10. The van der Waals surface area contributed by atoms with Gasteiger partial charge in [-0.15, -0.1) is 13.2 Å². The van der Waals surface area contributed by atoms with Gasteiger partial charge in [-0.3, -0.25) is 9.13 Å². The van der Waals surface area contributed by atoms with Crippen LogP contribution in [-0.2, 0) is 4.74 Å². The molecule has 10 nitrogen and oxygen atoms in total. The number of esters is 1. The molecule has 0 radical (unpaired) electrons. The second kappa shape index (κ2) is 11.1. The molecule has 1 aliphatic carbocycles. The molecule has 0 unspecified atom stereocenters. The Hall–Kier alpha value is -4.60. The van der Waals surface area contributed by atoms with Crippen LogP contribution in [0.3, 0.4) is 0 Å². The van der Waals surface area contributed by atoms with Crippen LogP contribution in [0, 0.1) is 5.41 Å². The second-order valence-corrected chi connectivity index (χ2v) is 11.1. The minimum Gasteiger partial charge on any atom is -0.465 e. The van der Waals surface area contributed by atoms with Crippen LogP contribution in [0.4, 0.5) is 38.0 Å². The van der Waals surface area contributed by atoms with Crippen LogP contribution in [0.2, 0.25) is 0 Å². The van der Waals surface area contributed by atoms with Crippen LogP contribution >= 0.6 is 0 Å². The molecule has 1 atom stereocenters. The quantitative estimate of drug-likeness (QED) is 0.197. The van der Waals surface area contributed by atoms with Crippen molar-refractivity contribution >= 4 is 28.8 Å². The number of likely N-dealkylation sites (tertiary alicyclic amines) is 1. The van der Waals surface area contributed by atoms with Crippen molar-refractivity contribution in [1.82, 2.24) is 24.0 Å². The molecule has 0 amide bonds. The highest BCUT2D eigenvalue weighted by Crippen LogP contribution is 2.58. The molecule has 45 heavy (non-hydrogen) atoms. The maximum Gasteiger partial charge on any atom is 0.573 e. The Labute approximate surface area is 251 Å². The largest absolute Gasteiger partial charge is 0.573 e. The van der Waals surface area contributed by atoms with Gasteiger partial charge in [0, 0.05) is 25.3 Å². The van der Waals surface area contributed by atoms with Crippen molar-refractivity contribution in [3.63, 3.8) is 0 Å². The van der Waals surface area contributed by atoms with Gasteiger partial charge < -0.3 is 19.7 Å². The van der Waals surface area contributed by atoms with Gasteiger partial charge >= 0.3 is 24.2 Å². The molecule has 0 spiro atoms. The van der Waals surface area contributed by atoms with E-state index in [-0.39, 0.29) is 43.1 Å². The van der Waals surface area contributed by atoms with Crippen LogP contribution in [0.1, 0.15) is 35.7 Å². The molecule has 1 aliphatic heterocycles. The number of nitrogens with zero attached hydrogens (tertiary/aromatic N) is 5. The number of hydrogen-bond acceptors (Lipinski definition) is 8. The lowest BCUT2D eigenvalue weighted by molar-refractivity contribution is -0.274. The molecule has 1 saturated heterocycles. The zero-order chi connectivity index (χ0) is 32.1. The lowest BCUT2D eigenvalue weighted by Crippen LogP contribution is -2.38. The highest BCUT2D eigenvalue weighted by Gasteiger charge is 2.63. The molecule has 2 aliphatic rings. The number of carbonyl (C=O) groups is 1. The van der Waals surface area contributed by atoms with Crippen molar-refractivity contribution in [3.8, 4) is 11.4 Å². The summed E-state index contributed by atoms with van der Waals surface area (Å²) in [4.78, 5) is 36.5. The number of benzene rings is 2. The van der Waals surface area contributed by atoms with Gasteiger partial charge in [-0.1, -0.05) is 0 Å². The van der Waals surface area contributed by atoms with Gasteiger partial charge in [-0.05, 0) is 67.8 Å². The lowest BCUT2D eigenvalue weighted by Gasteiger charge is -2.25. The summed E-state index contributed by atoms with van der Waals surface area (Å²) in [5.41, 5.74) is -0.720.